The molecule has 0 fully saturated rings. The van der Waals surface area contributed by atoms with E-state index < -0.39 is 29.6 Å². The van der Waals surface area contributed by atoms with Crippen LogP contribution in [0.3, 0.4) is 0 Å². The molecule has 1 unspecified atom stereocenters. The lowest BCUT2D eigenvalue weighted by atomic mass is 10.1. The van der Waals surface area contributed by atoms with Crippen molar-refractivity contribution in [2.75, 3.05) is 23.4 Å². The van der Waals surface area contributed by atoms with Crippen LogP contribution in [0.2, 0.25) is 0 Å². The van der Waals surface area contributed by atoms with Crippen molar-refractivity contribution in [2.24, 2.45) is 0 Å². The van der Waals surface area contributed by atoms with Crippen molar-refractivity contribution < 1.29 is 23.1 Å². The van der Waals surface area contributed by atoms with Crippen LogP contribution in [0.5, 0.6) is 0 Å². The third kappa shape index (κ3) is 2.62. The van der Waals surface area contributed by atoms with Gasteiger partial charge in [-0.3, -0.25) is 14.5 Å². The fourth-order valence-electron chi connectivity index (χ4n) is 2.02. The quantitative estimate of drug-likeness (QED) is 0.918. The summed E-state index contributed by atoms with van der Waals surface area (Å²) >= 11 is 0. The highest BCUT2D eigenvalue weighted by Gasteiger charge is 2.31. The normalized spacial score (nSPS) is 15.6. The molecule has 1 aliphatic heterocycles. The molecule has 7 heteroatoms. The molecule has 0 aliphatic carbocycles. The van der Waals surface area contributed by atoms with E-state index in [1.54, 1.807) is 6.92 Å². The Bertz CT molecular complexity index is 563. The number of nitrogens with one attached hydrogen (secondary N) is 1. The summed E-state index contributed by atoms with van der Waals surface area (Å²) in [5.74, 6) is -3.12. The van der Waals surface area contributed by atoms with Crippen molar-refractivity contribution in [1.29, 1.82) is 0 Å². The Kier molecular flexibility index (Phi) is 3.99. The van der Waals surface area contributed by atoms with Gasteiger partial charge in [0.2, 0.25) is 5.91 Å². The summed E-state index contributed by atoms with van der Waals surface area (Å²) in [5.41, 5.74) is 0.192. The molecule has 20 heavy (non-hydrogen) atoms. The van der Waals surface area contributed by atoms with Crippen LogP contribution >= 0.6 is 0 Å². The standard InChI is InChI=1S/C13H14F2N2O3/c1-3-20-7(2)13(19)17-6-12(18)16-10-4-8(14)9(15)5-11(10)17/h4-5,7H,3,6H2,1-2H3,(H,16,18). The Hall–Kier alpha value is -2.02. The van der Waals surface area contributed by atoms with Gasteiger partial charge in [0.25, 0.3) is 5.91 Å². The molecule has 5 nitrogen and oxygen atoms in total. The van der Waals surface area contributed by atoms with E-state index in [0.717, 1.165) is 17.0 Å². The molecule has 1 N–H and O–H groups in total. The molecule has 0 saturated heterocycles. The first-order valence-electron chi connectivity index (χ1n) is 6.16. The van der Waals surface area contributed by atoms with Crippen LogP contribution in [0, 0.1) is 11.6 Å². The predicted molar refractivity (Wildman–Crippen MR) is 68.4 cm³/mol. The highest BCUT2D eigenvalue weighted by molar-refractivity contribution is 6.10. The molecule has 0 spiro atoms. The van der Waals surface area contributed by atoms with Crippen molar-refractivity contribution in [3.63, 3.8) is 0 Å². The van der Waals surface area contributed by atoms with Crippen LogP contribution < -0.4 is 10.2 Å². The summed E-state index contributed by atoms with van der Waals surface area (Å²) in [6, 6.07) is 1.74. The van der Waals surface area contributed by atoms with Crippen molar-refractivity contribution in [3.8, 4) is 0 Å². The molecule has 2 rings (SSSR count). The average molecular weight is 284 g/mol. The number of ether oxygens (including phenoxy) is 1. The molecule has 1 heterocycles. The number of anilines is 2. The lowest BCUT2D eigenvalue weighted by molar-refractivity contribution is -0.130. The lowest BCUT2D eigenvalue weighted by Gasteiger charge is -2.31. The first kappa shape index (κ1) is 14.4. The zero-order chi connectivity index (χ0) is 14.9. The average Bonchev–Trinajstić information content (AvgIpc) is 2.39. The number of fused-ring (bicyclic) bond motifs is 1. The molecule has 1 atom stereocenters. The van der Waals surface area contributed by atoms with Crippen molar-refractivity contribution in [3.05, 3.63) is 23.8 Å². The third-order valence-electron chi connectivity index (χ3n) is 2.94. The van der Waals surface area contributed by atoms with Gasteiger partial charge >= 0.3 is 0 Å². The molecule has 1 aliphatic rings. The van der Waals surface area contributed by atoms with Gasteiger partial charge in [-0.05, 0) is 13.8 Å². The van der Waals surface area contributed by atoms with Crippen LogP contribution in [-0.2, 0) is 14.3 Å². The zero-order valence-electron chi connectivity index (χ0n) is 11.1. The van der Waals surface area contributed by atoms with Gasteiger partial charge < -0.3 is 10.1 Å². The van der Waals surface area contributed by atoms with Crippen LogP contribution in [0.15, 0.2) is 12.1 Å². The Morgan fingerprint density at radius 1 is 1.45 bits per heavy atom. The van der Waals surface area contributed by atoms with E-state index in [4.69, 9.17) is 4.74 Å². The van der Waals surface area contributed by atoms with Gasteiger partial charge in [0, 0.05) is 18.7 Å². The molecule has 0 radical (unpaired) electrons. The number of hydrogen-bond donors (Lipinski definition) is 1. The molecule has 1 aromatic rings. The highest BCUT2D eigenvalue weighted by Crippen LogP contribution is 2.32. The predicted octanol–water partition coefficient (Wildman–Crippen LogP) is 1.67. The van der Waals surface area contributed by atoms with Gasteiger partial charge in [0.1, 0.15) is 12.6 Å². The van der Waals surface area contributed by atoms with Gasteiger partial charge in [-0.25, -0.2) is 8.78 Å². The van der Waals surface area contributed by atoms with Crippen molar-refractivity contribution in [2.45, 2.75) is 20.0 Å². The molecular formula is C13H14F2N2O3. The SMILES string of the molecule is CCOC(C)C(=O)N1CC(=O)Nc2cc(F)c(F)cc21. The summed E-state index contributed by atoms with van der Waals surface area (Å²) in [6.45, 7) is 3.35. The zero-order valence-corrected chi connectivity index (χ0v) is 11.1. The summed E-state index contributed by atoms with van der Waals surface area (Å²) in [5, 5.41) is 2.40. The summed E-state index contributed by atoms with van der Waals surface area (Å²) in [7, 11) is 0. The minimum atomic E-state index is -1.09. The van der Waals surface area contributed by atoms with E-state index in [1.807, 2.05) is 0 Å². The van der Waals surface area contributed by atoms with Crippen LogP contribution in [0.4, 0.5) is 20.2 Å². The maximum absolute atomic E-state index is 13.3. The number of amides is 2. The monoisotopic (exact) mass is 284 g/mol. The highest BCUT2D eigenvalue weighted by atomic mass is 19.2. The molecule has 2 amide bonds. The Morgan fingerprint density at radius 3 is 2.75 bits per heavy atom. The smallest absolute Gasteiger partial charge is 0.256 e. The van der Waals surface area contributed by atoms with Gasteiger partial charge in [-0.1, -0.05) is 0 Å². The molecule has 108 valence electrons. The number of carbonyl (C=O) groups excluding carboxylic acids is 2. The fraction of sp³-hybridized carbons (Fsp3) is 0.385. The molecule has 0 bridgehead atoms. The van der Waals surface area contributed by atoms with Gasteiger partial charge in [0.15, 0.2) is 11.6 Å². The van der Waals surface area contributed by atoms with E-state index in [0.29, 0.717) is 6.61 Å². The maximum Gasteiger partial charge on any atom is 0.256 e. The Morgan fingerprint density at radius 2 is 2.10 bits per heavy atom. The lowest BCUT2D eigenvalue weighted by Crippen LogP contribution is -2.46. The van der Waals surface area contributed by atoms with Crippen LogP contribution in [-0.4, -0.2) is 31.1 Å². The van der Waals surface area contributed by atoms with E-state index in [1.165, 1.54) is 6.92 Å². The second kappa shape index (κ2) is 5.54. The minimum Gasteiger partial charge on any atom is -0.369 e. The summed E-state index contributed by atoms with van der Waals surface area (Å²) in [6.07, 6.45) is -0.771. The van der Waals surface area contributed by atoms with E-state index in [2.05, 4.69) is 5.32 Å². The Labute approximate surface area is 114 Å². The number of benzene rings is 1. The van der Waals surface area contributed by atoms with Gasteiger partial charge in [-0.15, -0.1) is 0 Å². The van der Waals surface area contributed by atoms with Crippen molar-refractivity contribution in [1.82, 2.24) is 0 Å². The minimum absolute atomic E-state index is 0.0669. The molecular weight excluding hydrogens is 270 g/mol. The molecule has 0 aromatic heterocycles. The van der Waals surface area contributed by atoms with Crippen LogP contribution in [0.25, 0.3) is 0 Å². The second-order valence-electron chi connectivity index (χ2n) is 4.35. The molecule has 1 aromatic carbocycles. The summed E-state index contributed by atoms with van der Waals surface area (Å²) in [4.78, 5) is 24.8. The van der Waals surface area contributed by atoms with E-state index >= 15 is 0 Å². The number of hydrogen-bond acceptors (Lipinski definition) is 3. The van der Waals surface area contributed by atoms with E-state index in [-0.39, 0.29) is 17.9 Å². The Balaban J connectivity index is 2.39. The van der Waals surface area contributed by atoms with Crippen molar-refractivity contribution >= 4 is 23.2 Å². The first-order chi connectivity index (χ1) is 9.43. The first-order valence-corrected chi connectivity index (χ1v) is 6.16. The fourth-order valence-corrected chi connectivity index (χ4v) is 2.02. The van der Waals surface area contributed by atoms with Gasteiger partial charge in [0.05, 0.1) is 11.4 Å². The van der Waals surface area contributed by atoms with E-state index in [9.17, 15) is 18.4 Å². The number of rotatable bonds is 3. The third-order valence-corrected chi connectivity index (χ3v) is 2.94. The second-order valence-corrected chi connectivity index (χ2v) is 4.35. The molecule has 0 saturated carbocycles. The summed E-state index contributed by atoms with van der Waals surface area (Å²) < 4.78 is 31.7. The largest absolute Gasteiger partial charge is 0.369 e. The topological polar surface area (TPSA) is 58.6 Å². The van der Waals surface area contributed by atoms with Gasteiger partial charge in [-0.2, -0.15) is 0 Å². The number of nitrogens with zero attached hydrogens (tertiary/aromatic N) is 1. The van der Waals surface area contributed by atoms with Crippen LogP contribution in [0.1, 0.15) is 13.8 Å². The number of carbonyl (C=O) groups is 2. The maximum atomic E-state index is 13.3. The number of halogens is 2.